The summed E-state index contributed by atoms with van der Waals surface area (Å²) < 4.78 is 31.1. The lowest BCUT2D eigenvalue weighted by atomic mass is 10.0. The summed E-state index contributed by atoms with van der Waals surface area (Å²) in [6.45, 7) is 5.30. The summed E-state index contributed by atoms with van der Waals surface area (Å²) in [5, 5.41) is 12.5. The van der Waals surface area contributed by atoms with Crippen LogP contribution in [0, 0.1) is 11.3 Å². The molecule has 9 nitrogen and oxygen atoms in total. The number of nitrogens with zero attached hydrogens (tertiary/aromatic N) is 3. The summed E-state index contributed by atoms with van der Waals surface area (Å²) in [7, 11) is -3.32. The number of nitrogens with one attached hydrogen (secondary N) is 2. The molecule has 1 saturated heterocycles. The van der Waals surface area contributed by atoms with Crippen molar-refractivity contribution in [2.24, 2.45) is 0 Å². The molecular weight excluding hydrogens is 538 g/mol. The quantitative estimate of drug-likeness (QED) is 0.303. The van der Waals surface area contributed by atoms with E-state index in [0.717, 1.165) is 57.3 Å². The maximum absolute atomic E-state index is 13.2. The van der Waals surface area contributed by atoms with Gasteiger partial charge in [-0.15, -0.1) is 0 Å². The van der Waals surface area contributed by atoms with Gasteiger partial charge in [0.05, 0.1) is 17.9 Å². The molecule has 4 rings (SSSR count). The molecule has 2 N–H and O–H groups in total. The number of benzene rings is 3. The first kappa shape index (κ1) is 29.9. The van der Waals surface area contributed by atoms with Crippen LogP contribution in [0.4, 0.5) is 16.2 Å². The minimum Gasteiger partial charge on any atom is -0.457 e. The normalized spacial score (nSPS) is 14.2. The molecule has 0 unspecified atom stereocenters. The molecule has 1 fully saturated rings. The van der Waals surface area contributed by atoms with Crippen LogP contribution < -0.4 is 19.7 Å². The fourth-order valence-corrected chi connectivity index (χ4v) is 5.32. The number of sulfonamides is 1. The van der Waals surface area contributed by atoms with Gasteiger partial charge in [0, 0.05) is 43.6 Å². The van der Waals surface area contributed by atoms with Crippen molar-refractivity contribution in [1.29, 1.82) is 5.26 Å². The number of carbonyl (C=O) groups is 1. The van der Waals surface area contributed by atoms with Crippen molar-refractivity contribution in [2.45, 2.75) is 45.2 Å². The zero-order chi connectivity index (χ0) is 29.2. The summed E-state index contributed by atoms with van der Waals surface area (Å²) in [5.74, 6) is 1.32. The van der Waals surface area contributed by atoms with E-state index in [9.17, 15) is 18.5 Å². The van der Waals surface area contributed by atoms with Crippen molar-refractivity contribution in [3.05, 3.63) is 83.9 Å². The summed E-state index contributed by atoms with van der Waals surface area (Å²) in [4.78, 5) is 17.3. The van der Waals surface area contributed by atoms with Crippen LogP contribution in [-0.2, 0) is 16.6 Å². The topological polar surface area (TPSA) is 115 Å². The first-order chi connectivity index (χ1) is 19.7. The van der Waals surface area contributed by atoms with Crippen molar-refractivity contribution in [3.8, 4) is 17.6 Å². The van der Waals surface area contributed by atoms with Gasteiger partial charge in [-0.3, -0.25) is 14.5 Å². The Morgan fingerprint density at radius 3 is 2.32 bits per heavy atom. The lowest BCUT2D eigenvalue weighted by Gasteiger charge is -2.34. The molecule has 0 radical (unpaired) electrons. The average Bonchev–Trinajstić information content (AvgIpc) is 2.96. The molecule has 1 heterocycles. The Morgan fingerprint density at radius 2 is 1.71 bits per heavy atom. The van der Waals surface area contributed by atoms with Crippen LogP contribution in [0.1, 0.15) is 43.7 Å². The molecule has 41 heavy (non-hydrogen) atoms. The fraction of sp³-hybridized carbons (Fsp3) is 0.355. The molecule has 3 aromatic carbocycles. The zero-order valence-corrected chi connectivity index (χ0v) is 24.4. The minimum absolute atomic E-state index is 0.108. The smallest absolute Gasteiger partial charge is 0.322 e. The van der Waals surface area contributed by atoms with E-state index in [1.54, 1.807) is 41.3 Å². The van der Waals surface area contributed by atoms with Gasteiger partial charge in [-0.25, -0.2) is 13.2 Å². The maximum Gasteiger partial charge on any atom is 0.322 e. The third kappa shape index (κ3) is 9.23. The predicted octanol–water partition coefficient (Wildman–Crippen LogP) is 5.70. The van der Waals surface area contributed by atoms with Gasteiger partial charge in [0.1, 0.15) is 11.5 Å². The maximum atomic E-state index is 13.2. The molecule has 216 valence electrons. The summed E-state index contributed by atoms with van der Waals surface area (Å²) in [6, 6.07) is 24.1. The van der Waals surface area contributed by atoms with Crippen LogP contribution in [0.2, 0.25) is 0 Å². The average molecular weight is 576 g/mol. The van der Waals surface area contributed by atoms with Gasteiger partial charge < -0.3 is 10.1 Å². The third-order valence-electron chi connectivity index (χ3n) is 6.91. The van der Waals surface area contributed by atoms with E-state index in [0.29, 0.717) is 29.3 Å². The molecular formula is C31H37N5O4S. The van der Waals surface area contributed by atoms with Crippen molar-refractivity contribution in [3.63, 3.8) is 0 Å². The molecule has 0 bridgehead atoms. The number of hydrogen-bond donors (Lipinski definition) is 2. The van der Waals surface area contributed by atoms with Gasteiger partial charge in [0.15, 0.2) is 0 Å². The monoisotopic (exact) mass is 575 g/mol. The summed E-state index contributed by atoms with van der Waals surface area (Å²) in [5.41, 5.74) is 2.96. The van der Waals surface area contributed by atoms with E-state index in [4.69, 9.17) is 4.74 Å². The van der Waals surface area contributed by atoms with Gasteiger partial charge >= 0.3 is 6.03 Å². The Hall–Kier alpha value is -4.07. The van der Waals surface area contributed by atoms with E-state index >= 15 is 0 Å². The number of urea groups is 1. The van der Waals surface area contributed by atoms with Gasteiger partial charge in [0.2, 0.25) is 10.0 Å². The Morgan fingerprint density at radius 1 is 1.05 bits per heavy atom. The molecule has 0 atom stereocenters. The first-order valence-corrected chi connectivity index (χ1v) is 15.8. The van der Waals surface area contributed by atoms with Gasteiger partial charge in [-0.05, 0) is 79.4 Å². The van der Waals surface area contributed by atoms with E-state index in [1.165, 1.54) is 5.56 Å². The SMILES string of the molecule is CCCCN(C(=O)NC1CCN(Cc2ccc(Oc3ccc(NS(C)(=O)=O)cc3)cc2)CC1)c1cccc(C#N)c1. The molecule has 1 aliphatic heterocycles. The number of likely N-dealkylation sites (tertiary alicyclic amines) is 1. The highest BCUT2D eigenvalue weighted by Crippen LogP contribution is 2.25. The van der Waals surface area contributed by atoms with Crippen LogP contribution >= 0.6 is 0 Å². The van der Waals surface area contributed by atoms with E-state index in [-0.39, 0.29) is 12.1 Å². The lowest BCUT2D eigenvalue weighted by Crippen LogP contribution is -2.49. The van der Waals surface area contributed by atoms with E-state index in [2.05, 4.69) is 27.9 Å². The third-order valence-corrected chi connectivity index (χ3v) is 7.51. The van der Waals surface area contributed by atoms with Crippen LogP contribution in [-0.4, -0.2) is 51.3 Å². The molecule has 3 aromatic rings. The highest BCUT2D eigenvalue weighted by atomic mass is 32.2. The van der Waals surface area contributed by atoms with Gasteiger partial charge in [-0.2, -0.15) is 5.26 Å². The molecule has 0 saturated carbocycles. The Labute approximate surface area is 242 Å². The Bertz CT molecular complexity index is 1450. The van der Waals surface area contributed by atoms with E-state index < -0.39 is 10.0 Å². The number of anilines is 2. The predicted molar refractivity (Wildman–Crippen MR) is 162 cm³/mol. The minimum atomic E-state index is -3.32. The summed E-state index contributed by atoms with van der Waals surface area (Å²) in [6.07, 6.45) is 4.72. The molecule has 0 aromatic heterocycles. The molecule has 0 aliphatic carbocycles. The number of carbonyl (C=O) groups excluding carboxylic acids is 1. The van der Waals surface area contributed by atoms with Crippen molar-refractivity contribution in [2.75, 3.05) is 35.5 Å². The van der Waals surface area contributed by atoms with Gasteiger partial charge in [-0.1, -0.05) is 31.5 Å². The van der Waals surface area contributed by atoms with Crippen LogP contribution in [0.5, 0.6) is 11.5 Å². The molecule has 1 aliphatic rings. The molecule has 0 spiro atoms. The second kappa shape index (κ2) is 14.0. The Kier molecular flexibility index (Phi) is 10.2. The standard InChI is InChI=1S/C31H37N5O4S/c1-3-4-18-36(28-7-5-6-25(21-28)22-32)31(37)33-26-16-19-35(20-17-26)23-24-8-12-29(13-9-24)40-30-14-10-27(11-15-30)34-41(2,38)39/h5-15,21,26,34H,3-4,16-20,23H2,1-2H3,(H,33,37). The van der Waals surface area contributed by atoms with E-state index in [1.807, 2.05) is 36.4 Å². The second-order valence-electron chi connectivity index (χ2n) is 10.3. The zero-order valence-electron chi connectivity index (χ0n) is 23.5. The highest BCUT2D eigenvalue weighted by Gasteiger charge is 2.24. The second-order valence-corrected chi connectivity index (χ2v) is 12.1. The number of ether oxygens (including phenoxy) is 1. The highest BCUT2D eigenvalue weighted by molar-refractivity contribution is 7.92. The first-order valence-electron chi connectivity index (χ1n) is 13.9. The molecule has 10 heteroatoms. The van der Waals surface area contributed by atoms with Crippen LogP contribution in [0.15, 0.2) is 72.8 Å². The number of piperidine rings is 1. The number of unbranched alkanes of at least 4 members (excludes halogenated alkanes) is 1. The van der Waals surface area contributed by atoms with Crippen molar-refractivity contribution >= 4 is 27.4 Å². The van der Waals surface area contributed by atoms with Gasteiger partial charge in [0.25, 0.3) is 0 Å². The molecule has 2 amide bonds. The summed E-state index contributed by atoms with van der Waals surface area (Å²) >= 11 is 0. The number of nitriles is 1. The van der Waals surface area contributed by atoms with Crippen molar-refractivity contribution in [1.82, 2.24) is 10.2 Å². The lowest BCUT2D eigenvalue weighted by molar-refractivity contribution is 0.188. The number of hydrogen-bond acceptors (Lipinski definition) is 6. The largest absolute Gasteiger partial charge is 0.457 e. The fourth-order valence-electron chi connectivity index (χ4n) is 4.76. The number of amides is 2. The number of rotatable bonds is 11. The van der Waals surface area contributed by atoms with Crippen LogP contribution in [0.25, 0.3) is 0 Å². The van der Waals surface area contributed by atoms with Crippen molar-refractivity contribution < 1.29 is 17.9 Å². The Balaban J connectivity index is 1.25. The van der Waals surface area contributed by atoms with Crippen LogP contribution in [0.3, 0.4) is 0 Å².